The molecular weight excluding hydrogens is 448 g/mol. The molecule has 0 aliphatic rings. The standard InChI is InChI=1S/C21H26N6O5S/c1-14-5-7-17(8-6-14)27-18(11-15(2)25-27)24-19(28)13-32-21(29)9-10-22-33(30,31)20-12-26(4)16(3)23-20/h5-8,11-12,22H,9-10,13H2,1-4H3,(H,24,28). The second kappa shape index (κ2) is 9.96. The van der Waals surface area contributed by atoms with E-state index in [0.717, 1.165) is 11.3 Å². The molecule has 0 bridgehead atoms. The molecule has 1 amide bonds. The Morgan fingerprint density at radius 2 is 1.82 bits per heavy atom. The van der Waals surface area contributed by atoms with Crippen LogP contribution in [-0.4, -0.2) is 52.8 Å². The number of nitrogens with zero attached hydrogens (tertiary/aromatic N) is 4. The Hall–Kier alpha value is -3.51. The van der Waals surface area contributed by atoms with E-state index in [2.05, 4.69) is 20.1 Å². The number of carbonyl (C=O) groups is 2. The molecule has 0 atom stereocenters. The number of esters is 1. The number of aromatic nitrogens is 4. The normalized spacial score (nSPS) is 11.4. The van der Waals surface area contributed by atoms with Gasteiger partial charge >= 0.3 is 5.97 Å². The van der Waals surface area contributed by atoms with Crippen molar-refractivity contribution in [3.63, 3.8) is 0 Å². The van der Waals surface area contributed by atoms with Crippen LogP contribution in [0.1, 0.15) is 23.5 Å². The van der Waals surface area contributed by atoms with Crippen LogP contribution in [0.25, 0.3) is 5.69 Å². The zero-order valence-electron chi connectivity index (χ0n) is 18.8. The van der Waals surface area contributed by atoms with E-state index in [0.29, 0.717) is 17.3 Å². The van der Waals surface area contributed by atoms with E-state index >= 15 is 0 Å². The Labute approximate surface area is 191 Å². The summed E-state index contributed by atoms with van der Waals surface area (Å²) in [5.74, 6) is -0.273. The topological polar surface area (TPSA) is 137 Å². The second-order valence-corrected chi connectivity index (χ2v) is 9.23. The minimum absolute atomic E-state index is 0.129. The largest absolute Gasteiger partial charge is 0.456 e. The Balaban J connectivity index is 1.48. The average molecular weight is 475 g/mol. The number of benzene rings is 1. The maximum atomic E-state index is 12.3. The molecule has 3 rings (SSSR count). The second-order valence-electron chi connectivity index (χ2n) is 7.51. The summed E-state index contributed by atoms with van der Waals surface area (Å²) in [5.41, 5.74) is 2.58. The molecule has 0 unspecified atom stereocenters. The molecular formula is C21H26N6O5S. The fraction of sp³-hybridized carbons (Fsp3) is 0.333. The summed E-state index contributed by atoms with van der Waals surface area (Å²) in [5, 5.41) is 6.92. The molecule has 2 aromatic heterocycles. The SMILES string of the molecule is Cc1ccc(-n2nc(C)cc2NC(=O)COC(=O)CCNS(=O)(=O)c2cn(C)c(C)n2)cc1. The van der Waals surface area contributed by atoms with E-state index in [1.165, 1.54) is 6.20 Å². The van der Waals surface area contributed by atoms with Gasteiger partial charge in [0.25, 0.3) is 15.9 Å². The Bertz CT molecular complexity index is 1240. The zero-order valence-corrected chi connectivity index (χ0v) is 19.6. The molecule has 2 heterocycles. The monoisotopic (exact) mass is 474 g/mol. The van der Waals surface area contributed by atoms with E-state index in [1.807, 2.05) is 31.2 Å². The Morgan fingerprint density at radius 3 is 2.45 bits per heavy atom. The van der Waals surface area contributed by atoms with Gasteiger partial charge in [0.05, 0.1) is 17.8 Å². The van der Waals surface area contributed by atoms with Crippen molar-refractivity contribution in [2.75, 3.05) is 18.5 Å². The fourth-order valence-electron chi connectivity index (χ4n) is 2.89. The average Bonchev–Trinajstić information content (AvgIpc) is 3.29. The van der Waals surface area contributed by atoms with Crippen LogP contribution in [0.3, 0.4) is 0 Å². The van der Waals surface area contributed by atoms with Gasteiger partial charge in [-0.2, -0.15) is 5.10 Å². The molecule has 1 aromatic carbocycles. The van der Waals surface area contributed by atoms with Crippen molar-refractivity contribution >= 4 is 27.7 Å². The molecule has 0 aliphatic carbocycles. The van der Waals surface area contributed by atoms with Crippen LogP contribution in [0.4, 0.5) is 5.82 Å². The van der Waals surface area contributed by atoms with E-state index in [9.17, 15) is 18.0 Å². The predicted molar refractivity (Wildman–Crippen MR) is 120 cm³/mol. The van der Waals surface area contributed by atoms with Gasteiger partial charge in [-0.1, -0.05) is 17.7 Å². The first-order valence-corrected chi connectivity index (χ1v) is 11.6. The molecule has 12 heteroatoms. The molecule has 33 heavy (non-hydrogen) atoms. The third kappa shape index (κ3) is 6.26. The third-order valence-corrected chi connectivity index (χ3v) is 6.06. The van der Waals surface area contributed by atoms with Crippen molar-refractivity contribution in [1.29, 1.82) is 0 Å². The maximum absolute atomic E-state index is 12.3. The quantitative estimate of drug-likeness (QED) is 0.447. The van der Waals surface area contributed by atoms with E-state index in [-0.39, 0.29) is 18.0 Å². The van der Waals surface area contributed by atoms with E-state index < -0.39 is 28.5 Å². The lowest BCUT2D eigenvalue weighted by atomic mass is 10.2. The van der Waals surface area contributed by atoms with Gasteiger partial charge in [0.1, 0.15) is 11.6 Å². The van der Waals surface area contributed by atoms with Gasteiger partial charge in [0.2, 0.25) is 0 Å². The summed E-state index contributed by atoms with van der Waals surface area (Å²) in [6, 6.07) is 9.33. The lowest BCUT2D eigenvalue weighted by molar-refractivity contribution is -0.147. The summed E-state index contributed by atoms with van der Waals surface area (Å²) in [7, 11) is -2.16. The van der Waals surface area contributed by atoms with Gasteiger partial charge in [-0.15, -0.1) is 0 Å². The molecule has 0 aliphatic heterocycles. The number of ether oxygens (including phenoxy) is 1. The maximum Gasteiger partial charge on any atom is 0.307 e. The number of sulfonamides is 1. The van der Waals surface area contributed by atoms with Crippen molar-refractivity contribution in [1.82, 2.24) is 24.1 Å². The van der Waals surface area contributed by atoms with Gasteiger partial charge < -0.3 is 14.6 Å². The summed E-state index contributed by atoms with van der Waals surface area (Å²) < 4.78 is 34.8. The highest BCUT2D eigenvalue weighted by Crippen LogP contribution is 2.17. The third-order valence-electron chi connectivity index (χ3n) is 4.72. The van der Waals surface area contributed by atoms with Crippen LogP contribution >= 0.6 is 0 Å². The molecule has 2 N–H and O–H groups in total. The van der Waals surface area contributed by atoms with Gasteiger partial charge in [-0.05, 0) is 32.9 Å². The molecule has 0 saturated carbocycles. The summed E-state index contributed by atoms with van der Waals surface area (Å²) >= 11 is 0. The molecule has 0 fully saturated rings. The van der Waals surface area contributed by atoms with Crippen LogP contribution in [0.5, 0.6) is 0 Å². The summed E-state index contributed by atoms with van der Waals surface area (Å²) in [6.07, 6.45) is 1.14. The van der Waals surface area contributed by atoms with Crippen LogP contribution in [0.2, 0.25) is 0 Å². The predicted octanol–water partition coefficient (Wildman–Crippen LogP) is 1.38. The number of carbonyl (C=O) groups excluding carboxylic acids is 2. The number of hydrogen-bond donors (Lipinski definition) is 2. The van der Waals surface area contributed by atoms with Crippen molar-refractivity contribution < 1.29 is 22.7 Å². The highest BCUT2D eigenvalue weighted by atomic mass is 32.2. The Morgan fingerprint density at radius 1 is 1.12 bits per heavy atom. The first kappa shape index (κ1) is 24.1. The van der Waals surface area contributed by atoms with Crippen molar-refractivity contribution in [3.8, 4) is 5.69 Å². The zero-order chi connectivity index (χ0) is 24.2. The summed E-state index contributed by atoms with van der Waals surface area (Å²) in [6.45, 7) is 4.75. The van der Waals surface area contributed by atoms with E-state index in [4.69, 9.17) is 4.74 Å². The van der Waals surface area contributed by atoms with Gasteiger partial charge in [-0.3, -0.25) is 9.59 Å². The number of imidazole rings is 1. The number of anilines is 1. The lowest BCUT2D eigenvalue weighted by Crippen LogP contribution is -2.28. The molecule has 3 aromatic rings. The number of aryl methyl sites for hydroxylation is 4. The first-order chi connectivity index (χ1) is 15.5. The van der Waals surface area contributed by atoms with Gasteiger partial charge in [-0.25, -0.2) is 22.8 Å². The van der Waals surface area contributed by atoms with Crippen LogP contribution in [0, 0.1) is 20.8 Å². The minimum atomic E-state index is -3.84. The van der Waals surface area contributed by atoms with Crippen molar-refractivity contribution in [3.05, 3.63) is 53.6 Å². The number of nitrogens with one attached hydrogen (secondary N) is 2. The smallest absolute Gasteiger partial charge is 0.307 e. The Kier molecular flexibility index (Phi) is 7.29. The molecule has 0 spiro atoms. The lowest BCUT2D eigenvalue weighted by Gasteiger charge is -2.10. The number of amides is 1. The van der Waals surface area contributed by atoms with Crippen molar-refractivity contribution in [2.24, 2.45) is 7.05 Å². The molecule has 176 valence electrons. The van der Waals surface area contributed by atoms with Gasteiger partial charge in [0, 0.05) is 25.9 Å². The number of hydrogen-bond acceptors (Lipinski definition) is 7. The van der Waals surface area contributed by atoms with Gasteiger partial charge in [0.15, 0.2) is 11.6 Å². The molecule has 0 radical (unpaired) electrons. The fourth-order valence-corrected chi connectivity index (χ4v) is 3.95. The number of rotatable bonds is 9. The highest BCUT2D eigenvalue weighted by Gasteiger charge is 2.19. The van der Waals surface area contributed by atoms with Crippen LogP contribution in [0.15, 0.2) is 41.6 Å². The molecule has 0 saturated heterocycles. The highest BCUT2D eigenvalue weighted by molar-refractivity contribution is 7.89. The molecule has 11 nitrogen and oxygen atoms in total. The van der Waals surface area contributed by atoms with Crippen molar-refractivity contribution in [2.45, 2.75) is 32.2 Å². The first-order valence-electron chi connectivity index (χ1n) is 10.1. The minimum Gasteiger partial charge on any atom is -0.456 e. The van der Waals surface area contributed by atoms with E-state index in [1.54, 1.807) is 36.2 Å². The summed E-state index contributed by atoms with van der Waals surface area (Å²) in [4.78, 5) is 28.1. The van der Waals surface area contributed by atoms with Crippen LogP contribution in [-0.2, 0) is 31.4 Å². The van der Waals surface area contributed by atoms with Crippen LogP contribution < -0.4 is 10.0 Å².